The van der Waals surface area contributed by atoms with E-state index in [9.17, 15) is 0 Å². The number of hydrogen-bond acceptors (Lipinski definition) is 6. The van der Waals surface area contributed by atoms with Crippen molar-refractivity contribution in [2.24, 2.45) is 16.6 Å². The van der Waals surface area contributed by atoms with Gasteiger partial charge in [-0.15, -0.1) is 12.8 Å². The standard InChI is InChI=1S/C17H24N2O.C16H22ClNO.C2H2.CH3NO/c1-4-10-18-17(5-2)20-16-8-6-7-15(12-16)19-11-9-14(3)13-19;17-15-12-13(4-3-11-18-9-1-2-10-18)5-8-16(15)19-14-6-7-14;1-2;2-1-3/h4,6-8,10,12,14H,5,9,11,13H2,1-3H3;5,8,12,14H,1-4,6-7,9-11H2;1-2H;1H,(H2,2,3)/b10-4-,18-17?;;;. The third kappa shape index (κ3) is 13.9. The summed E-state index contributed by atoms with van der Waals surface area (Å²) in [4.78, 5) is 17.9. The van der Waals surface area contributed by atoms with Crippen LogP contribution in [-0.4, -0.2) is 56.0 Å². The first-order chi connectivity index (χ1) is 21.4. The van der Waals surface area contributed by atoms with Gasteiger partial charge in [0.1, 0.15) is 11.5 Å². The van der Waals surface area contributed by atoms with E-state index in [1.54, 1.807) is 6.20 Å². The minimum Gasteiger partial charge on any atom is -0.489 e. The third-order valence-corrected chi connectivity index (χ3v) is 7.76. The van der Waals surface area contributed by atoms with E-state index < -0.39 is 0 Å². The maximum atomic E-state index is 8.58. The largest absolute Gasteiger partial charge is 0.489 e. The predicted octanol–water partition coefficient (Wildman–Crippen LogP) is 7.51. The van der Waals surface area contributed by atoms with Gasteiger partial charge in [-0.2, -0.15) is 0 Å². The Morgan fingerprint density at radius 1 is 1.11 bits per heavy atom. The summed E-state index contributed by atoms with van der Waals surface area (Å²) in [6, 6.07) is 14.6. The molecule has 2 aromatic rings. The summed E-state index contributed by atoms with van der Waals surface area (Å²) in [6.45, 7) is 12.4. The van der Waals surface area contributed by atoms with Crippen LogP contribution < -0.4 is 20.1 Å². The summed E-state index contributed by atoms with van der Waals surface area (Å²) in [5.41, 5.74) is 6.74. The molecule has 0 aromatic heterocycles. The molecule has 1 unspecified atom stereocenters. The fourth-order valence-corrected chi connectivity index (χ4v) is 5.32. The van der Waals surface area contributed by atoms with E-state index >= 15 is 0 Å². The van der Waals surface area contributed by atoms with Crippen molar-refractivity contribution >= 4 is 29.6 Å². The molecule has 240 valence electrons. The molecule has 1 atom stereocenters. The number of primary amides is 1. The van der Waals surface area contributed by atoms with Gasteiger partial charge in [-0.3, -0.25) is 4.79 Å². The Balaban J connectivity index is 0.000000268. The average Bonchev–Trinajstić information content (AvgIpc) is 3.49. The minimum absolute atomic E-state index is 0.250. The van der Waals surface area contributed by atoms with Crippen molar-refractivity contribution in [3.8, 4) is 24.3 Å². The smallest absolute Gasteiger partial charge is 0.204 e. The number of hydrogen-bond donors (Lipinski definition) is 1. The molecule has 1 saturated carbocycles. The first kappa shape index (κ1) is 36.7. The lowest BCUT2D eigenvalue weighted by Gasteiger charge is -2.19. The van der Waals surface area contributed by atoms with Crippen molar-refractivity contribution in [2.45, 2.75) is 78.2 Å². The number of allylic oxidation sites excluding steroid dienone is 1. The first-order valence-corrected chi connectivity index (χ1v) is 16.2. The molecule has 0 spiro atoms. The second-order valence-corrected chi connectivity index (χ2v) is 11.6. The molecular formula is C36H51ClN4O3. The molecule has 2 aliphatic heterocycles. The number of terminal acetylenes is 1. The van der Waals surface area contributed by atoms with Crippen LogP contribution in [-0.2, 0) is 11.2 Å². The zero-order valence-electron chi connectivity index (χ0n) is 26.8. The number of carbonyl (C=O) groups is 1. The normalized spacial score (nSPS) is 17.9. The number of anilines is 1. The van der Waals surface area contributed by atoms with Crippen LogP contribution in [0.15, 0.2) is 59.7 Å². The lowest BCUT2D eigenvalue weighted by atomic mass is 10.1. The van der Waals surface area contributed by atoms with Crippen molar-refractivity contribution in [3.63, 3.8) is 0 Å². The molecule has 3 aliphatic rings. The van der Waals surface area contributed by atoms with Crippen LogP contribution in [0.3, 0.4) is 0 Å². The number of nitrogens with zero attached hydrogens (tertiary/aromatic N) is 3. The van der Waals surface area contributed by atoms with Gasteiger partial charge in [0.2, 0.25) is 6.41 Å². The van der Waals surface area contributed by atoms with Gasteiger partial charge >= 0.3 is 0 Å². The topological polar surface area (TPSA) is 80.4 Å². The van der Waals surface area contributed by atoms with Crippen molar-refractivity contribution in [1.29, 1.82) is 0 Å². The van der Waals surface area contributed by atoms with Gasteiger partial charge in [-0.25, -0.2) is 4.99 Å². The van der Waals surface area contributed by atoms with E-state index in [1.807, 2.05) is 32.1 Å². The van der Waals surface area contributed by atoms with Crippen molar-refractivity contribution in [3.05, 3.63) is 65.3 Å². The summed E-state index contributed by atoms with van der Waals surface area (Å²) in [5, 5.41) is 0.769. The number of carbonyl (C=O) groups excluding carboxylic acids is 1. The molecule has 2 heterocycles. The Bertz CT molecular complexity index is 1190. The van der Waals surface area contributed by atoms with Gasteiger partial charge in [0.15, 0.2) is 5.90 Å². The van der Waals surface area contributed by atoms with Gasteiger partial charge in [-0.05, 0) is 107 Å². The molecule has 1 aliphatic carbocycles. The number of nitrogens with two attached hydrogens (primary N) is 1. The molecular weight excluding hydrogens is 572 g/mol. The molecule has 0 bridgehead atoms. The highest BCUT2D eigenvalue weighted by Gasteiger charge is 2.24. The Kier molecular flexibility index (Phi) is 17.7. The molecule has 8 heteroatoms. The van der Waals surface area contributed by atoms with Crippen LogP contribution in [0.25, 0.3) is 0 Å². The fourth-order valence-electron chi connectivity index (χ4n) is 5.07. The Morgan fingerprint density at radius 3 is 2.43 bits per heavy atom. The van der Waals surface area contributed by atoms with Crippen molar-refractivity contribution in [2.75, 3.05) is 37.6 Å². The van der Waals surface area contributed by atoms with Gasteiger partial charge in [0.25, 0.3) is 0 Å². The third-order valence-electron chi connectivity index (χ3n) is 7.47. The van der Waals surface area contributed by atoms with Crippen molar-refractivity contribution in [1.82, 2.24) is 4.90 Å². The summed E-state index contributed by atoms with van der Waals surface area (Å²) < 4.78 is 11.6. The molecule has 1 amide bonds. The van der Waals surface area contributed by atoms with E-state index in [0.717, 1.165) is 54.3 Å². The van der Waals surface area contributed by atoms with Crippen LogP contribution in [0.2, 0.25) is 5.02 Å². The SMILES string of the molecule is C#C.C/C=C\N=C(CC)Oc1cccc(N2CCC(C)C2)c1.Clc1cc(CCCN2CCCC2)ccc1OC1CC1.NC=O. The average molecular weight is 623 g/mol. The lowest BCUT2D eigenvalue weighted by Crippen LogP contribution is -2.20. The summed E-state index contributed by atoms with van der Waals surface area (Å²) in [6.07, 6.45) is 21.8. The second kappa shape index (κ2) is 21.3. The van der Waals surface area contributed by atoms with Crippen LogP contribution in [0.5, 0.6) is 11.5 Å². The number of halogens is 1. The highest BCUT2D eigenvalue weighted by Crippen LogP contribution is 2.32. The Morgan fingerprint density at radius 2 is 1.84 bits per heavy atom. The van der Waals surface area contributed by atoms with Gasteiger partial charge in [0.05, 0.1) is 11.1 Å². The number of rotatable bonds is 10. The number of ether oxygens (including phenoxy) is 2. The van der Waals surface area contributed by atoms with Crippen LogP contribution in [0, 0.1) is 18.8 Å². The number of aryl methyl sites for hydroxylation is 1. The zero-order valence-corrected chi connectivity index (χ0v) is 27.6. The molecule has 2 saturated heterocycles. The van der Waals surface area contributed by atoms with Crippen LogP contribution >= 0.6 is 11.6 Å². The van der Waals surface area contributed by atoms with Crippen molar-refractivity contribution < 1.29 is 14.3 Å². The predicted molar refractivity (Wildman–Crippen MR) is 185 cm³/mol. The Hall–Kier alpha value is -3.47. The van der Waals surface area contributed by atoms with Gasteiger partial charge in [-0.1, -0.05) is 43.7 Å². The molecule has 2 N–H and O–H groups in total. The summed E-state index contributed by atoms with van der Waals surface area (Å²) in [5.74, 6) is 3.25. The van der Waals surface area contributed by atoms with Gasteiger partial charge < -0.3 is 25.0 Å². The minimum atomic E-state index is 0.250. The Labute approximate surface area is 270 Å². The molecule has 44 heavy (non-hydrogen) atoms. The van der Waals surface area contributed by atoms with Crippen LogP contribution in [0.1, 0.15) is 71.3 Å². The lowest BCUT2D eigenvalue weighted by molar-refractivity contribution is -0.106. The number of amides is 1. The molecule has 7 nitrogen and oxygen atoms in total. The molecule has 2 aromatic carbocycles. The van der Waals surface area contributed by atoms with E-state index in [-0.39, 0.29) is 6.41 Å². The quantitative estimate of drug-likeness (QED) is 0.128. The van der Waals surface area contributed by atoms with Gasteiger partial charge in [0, 0.05) is 37.5 Å². The zero-order chi connectivity index (χ0) is 32.2. The molecule has 0 radical (unpaired) electrons. The highest BCUT2D eigenvalue weighted by atomic mass is 35.5. The van der Waals surface area contributed by atoms with E-state index in [4.69, 9.17) is 25.9 Å². The maximum absolute atomic E-state index is 8.58. The number of aliphatic imine (C=N–C) groups is 1. The number of likely N-dealkylation sites (tertiary alicyclic amines) is 1. The summed E-state index contributed by atoms with van der Waals surface area (Å²) >= 11 is 6.27. The van der Waals surface area contributed by atoms with E-state index in [1.165, 1.54) is 69.4 Å². The summed E-state index contributed by atoms with van der Waals surface area (Å²) in [7, 11) is 0. The molecule has 5 rings (SSSR count). The van der Waals surface area contributed by atoms with Crippen LogP contribution in [0.4, 0.5) is 5.69 Å². The monoisotopic (exact) mass is 622 g/mol. The first-order valence-electron chi connectivity index (χ1n) is 15.8. The highest BCUT2D eigenvalue weighted by molar-refractivity contribution is 6.32. The molecule has 3 fully saturated rings. The fraction of sp³-hybridized carbons (Fsp3) is 0.500. The number of benzene rings is 2. The van der Waals surface area contributed by atoms with E-state index in [0.29, 0.717) is 6.10 Å². The second-order valence-electron chi connectivity index (χ2n) is 11.2. The maximum Gasteiger partial charge on any atom is 0.204 e. The van der Waals surface area contributed by atoms with E-state index in [2.05, 4.69) is 70.6 Å².